The Labute approximate surface area is 132 Å². The van der Waals surface area contributed by atoms with E-state index in [1.165, 1.54) is 17.4 Å². The summed E-state index contributed by atoms with van der Waals surface area (Å²) in [6, 6.07) is 1.95. The lowest BCUT2D eigenvalue weighted by molar-refractivity contribution is -0.119. The molecule has 0 aliphatic rings. The summed E-state index contributed by atoms with van der Waals surface area (Å²) in [6.45, 7) is 5.56. The van der Waals surface area contributed by atoms with Crippen LogP contribution in [-0.4, -0.2) is 10.8 Å². The van der Waals surface area contributed by atoms with Gasteiger partial charge in [-0.2, -0.15) is 0 Å². The Morgan fingerprint density at radius 2 is 2.10 bits per heavy atom. The van der Waals surface area contributed by atoms with Crippen LogP contribution < -0.4 is 14.8 Å². The maximum absolute atomic E-state index is 11.9. The van der Waals surface area contributed by atoms with Gasteiger partial charge in [0.25, 0.3) is 5.56 Å². The van der Waals surface area contributed by atoms with Crippen molar-refractivity contribution in [1.82, 2.24) is 4.98 Å². The van der Waals surface area contributed by atoms with Crippen LogP contribution >= 0.6 is 38.6 Å². The van der Waals surface area contributed by atoms with Gasteiger partial charge in [-0.1, -0.05) is 20.8 Å². The molecule has 0 atom stereocenters. The van der Waals surface area contributed by atoms with Crippen molar-refractivity contribution in [2.75, 3.05) is 0 Å². The van der Waals surface area contributed by atoms with Crippen LogP contribution in [0.4, 0.5) is 0 Å². The first-order chi connectivity index (χ1) is 9.25. The number of aromatic nitrogens is 1. The van der Waals surface area contributed by atoms with Gasteiger partial charge in [-0.25, -0.2) is 0 Å². The number of hydrogen-bond acceptors (Lipinski definition) is 4. The Hall–Kier alpha value is -0.980. The zero-order valence-corrected chi connectivity index (χ0v) is 14.5. The standard InChI is InChI=1S/C14H14BrNO2S2/c1-14(2,3)10(17)6-12-16-13(18)9(20-12)4-8-5-11(15)19-7-8/h4-7H,1-3H3,(H,16,18)/b9-4+,12-6+. The number of hydrogen-bond donors (Lipinski definition) is 1. The molecule has 0 spiro atoms. The molecule has 3 nitrogen and oxygen atoms in total. The highest BCUT2D eigenvalue weighted by molar-refractivity contribution is 9.11. The summed E-state index contributed by atoms with van der Waals surface area (Å²) in [5.74, 6) is -0.000159. The molecule has 106 valence electrons. The molecular formula is C14H14BrNO2S2. The summed E-state index contributed by atoms with van der Waals surface area (Å²) in [5, 5.41) is 1.97. The molecule has 0 fully saturated rings. The van der Waals surface area contributed by atoms with E-state index in [0.29, 0.717) is 9.20 Å². The van der Waals surface area contributed by atoms with Crippen LogP contribution in [0.2, 0.25) is 0 Å². The number of Topliss-reactive ketones (excluding diaryl/α,β-unsaturated/α-hetero) is 1. The highest BCUT2D eigenvalue weighted by Gasteiger charge is 2.18. The molecule has 0 saturated carbocycles. The molecule has 6 heteroatoms. The lowest BCUT2D eigenvalue weighted by Gasteiger charge is -2.12. The summed E-state index contributed by atoms with van der Waals surface area (Å²) in [7, 11) is 0. The van der Waals surface area contributed by atoms with Gasteiger partial charge in [-0.15, -0.1) is 22.7 Å². The van der Waals surface area contributed by atoms with Gasteiger partial charge in [0.1, 0.15) is 0 Å². The third kappa shape index (κ3) is 3.77. The molecule has 0 aromatic carbocycles. The fourth-order valence-electron chi connectivity index (χ4n) is 1.41. The predicted molar refractivity (Wildman–Crippen MR) is 88.7 cm³/mol. The van der Waals surface area contributed by atoms with Gasteiger partial charge >= 0.3 is 0 Å². The Morgan fingerprint density at radius 3 is 2.65 bits per heavy atom. The minimum absolute atomic E-state index is 0.000159. The third-order valence-electron chi connectivity index (χ3n) is 2.57. The largest absolute Gasteiger partial charge is 0.313 e. The van der Waals surface area contributed by atoms with E-state index in [1.807, 2.05) is 38.3 Å². The van der Waals surface area contributed by atoms with E-state index in [-0.39, 0.29) is 11.3 Å². The molecule has 0 saturated heterocycles. The third-order valence-corrected chi connectivity index (χ3v) is 5.05. The van der Waals surface area contributed by atoms with Gasteiger partial charge in [-0.3, -0.25) is 9.59 Å². The van der Waals surface area contributed by atoms with Gasteiger partial charge in [0.2, 0.25) is 0 Å². The summed E-state index contributed by atoms with van der Waals surface area (Å²) in [4.78, 5) is 26.5. The predicted octanol–water partition coefficient (Wildman–Crippen LogP) is 2.48. The highest BCUT2D eigenvalue weighted by atomic mass is 79.9. The van der Waals surface area contributed by atoms with Gasteiger partial charge in [0.15, 0.2) is 5.78 Å². The first-order valence-electron chi connectivity index (χ1n) is 5.97. The van der Waals surface area contributed by atoms with Crippen LogP contribution in [-0.2, 0) is 4.79 Å². The van der Waals surface area contributed by atoms with Gasteiger partial charge in [0, 0.05) is 11.5 Å². The lowest BCUT2D eigenvalue weighted by Crippen LogP contribution is -2.22. The molecule has 20 heavy (non-hydrogen) atoms. The van der Waals surface area contributed by atoms with Crippen molar-refractivity contribution in [1.29, 1.82) is 0 Å². The maximum atomic E-state index is 11.9. The zero-order chi connectivity index (χ0) is 14.9. The Bertz CT molecular complexity index is 805. The SMILES string of the molecule is CC(C)(C)C(=O)/C=c1\[nH]c(=O)/c(=C\c2csc(Br)c2)s1. The number of rotatable bonds is 2. The molecule has 0 bridgehead atoms. The quantitative estimate of drug-likeness (QED) is 0.881. The van der Waals surface area contributed by atoms with Crippen molar-refractivity contribution in [2.24, 2.45) is 5.41 Å². The molecule has 1 N–H and O–H groups in total. The highest BCUT2D eigenvalue weighted by Crippen LogP contribution is 2.20. The second-order valence-corrected chi connectivity index (χ2v) is 8.75. The molecule has 0 amide bonds. The monoisotopic (exact) mass is 371 g/mol. The summed E-state index contributed by atoms with van der Waals surface area (Å²) in [5.41, 5.74) is 0.372. The fraction of sp³-hybridized carbons (Fsp3) is 0.286. The van der Waals surface area contributed by atoms with E-state index in [1.54, 1.807) is 11.3 Å². The summed E-state index contributed by atoms with van der Waals surface area (Å²) >= 11 is 6.25. The van der Waals surface area contributed by atoms with Crippen molar-refractivity contribution in [2.45, 2.75) is 20.8 Å². The maximum Gasteiger partial charge on any atom is 0.266 e. The summed E-state index contributed by atoms with van der Waals surface area (Å²) < 4.78 is 2.21. The van der Waals surface area contributed by atoms with Gasteiger partial charge in [-0.05, 0) is 39.0 Å². The molecule has 0 unspecified atom stereocenters. The Kier molecular flexibility index (Phi) is 4.46. The van der Waals surface area contributed by atoms with Crippen molar-refractivity contribution >= 4 is 56.5 Å². The zero-order valence-electron chi connectivity index (χ0n) is 11.3. The number of thiazole rings is 1. The number of H-pyrrole nitrogens is 1. The molecule has 2 aromatic heterocycles. The van der Waals surface area contributed by atoms with Gasteiger partial charge in [0.05, 0.1) is 13.0 Å². The molecule has 2 heterocycles. The van der Waals surface area contributed by atoms with Gasteiger partial charge < -0.3 is 4.98 Å². The molecule has 0 aliphatic heterocycles. The Morgan fingerprint density at radius 1 is 1.40 bits per heavy atom. The Balaban J connectivity index is 2.45. The van der Waals surface area contributed by atoms with Crippen LogP contribution in [0.15, 0.2) is 20.0 Å². The number of thiophene rings is 1. The van der Waals surface area contributed by atoms with Crippen molar-refractivity contribution in [3.63, 3.8) is 0 Å². The molecule has 2 aromatic rings. The molecular weight excluding hydrogens is 358 g/mol. The van der Waals surface area contributed by atoms with Crippen molar-refractivity contribution in [3.8, 4) is 0 Å². The van der Waals surface area contributed by atoms with E-state index in [0.717, 1.165) is 9.35 Å². The first-order valence-corrected chi connectivity index (χ1v) is 8.46. The van der Waals surface area contributed by atoms with E-state index in [4.69, 9.17) is 0 Å². The van der Waals surface area contributed by atoms with E-state index >= 15 is 0 Å². The molecule has 2 rings (SSSR count). The van der Waals surface area contributed by atoms with E-state index < -0.39 is 5.41 Å². The van der Waals surface area contributed by atoms with Crippen LogP contribution in [0.25, 0.3) is 12.2 Å². The number of nitrogens with one attached hydrogen (secondary N) is 1. The average Bonchev–Trinajstić information content (AvgIpc) is 2.86. The number of halogens is 1. The minimum Gasteiger partial charge on any atom is -0.313 e. The average molecular weight is 372 g/mol. The molecule has 0 radical (unpaired) electrons. The van der Waals surface area contributed by atoms with E-state index in [9.17, 15) is 9.59 Å². The topological polar surface area (TPSA) is 49.9 Å². The first kappa shape index (κ1) is 15.4. The van der Waals surface area contributed by atoms with Crippen LogP contribution in [0.1, 0.15) is 26.3 Å². The second kappa shape index (κ2) is 5.79. The number of carbonyl (C=O) groups excluding carboxylic acids is 1. The number of ketones is 1. The van der Waals surface area contributed by atoms with Crippen LogP contribution in [0, 0.1) is 5.41 Å². The second-order valence-electron chi connectivity index (χ2n) is 5.37. The lowest BCUT2D eigenvalue weighted by atomic mass is 9.91. The van der Waals surface area contributed by atoms with Crippen LogP contribution in [0.3, 0.4) is 0 Å². The smallest absolute Gasteiger partial charge is 0.266 e. The van der Waals surface area contributed by atoms with E-state index in [2.05, 4.69) is 20.9 Å². The number of carbonyl (C=O) groups is 1. The normalized spacial score (nSPS) is 14.0. The van der Waals surface area contributed by atoms with Crippen molar-refractivity contribution in [3.05, 3.63) is 40.3 Å². The van der Waals surface area contributed by atoms with Crippen LogP contribution in [0.5, 0.6) is 0 Å². The minimum atomic E-state index is -0.441. The summed E-state index contributed by atoms with van der Waals surface area (Å²) in [6.07, 6.45) is 3.33. The molecule has 0 aliphatic carbocycles. The number of aromatic amines is 1. The fourth-order valence-corrected chi connectivity index (χ4v) is 3.43. The van der Waals surface area contributed by atoms with Crippen molar-refractivity contribution < 1.29 is 4.79 Å².